The van der Waals surface area contributed by atoms with E-state index in [0.29, 0.717) is 23.6 Å². The summed E-state index contributed by atoms with van der Waals surface area (Å²) < 4.78 is 0. The molecule has 1 fully saturated rings. The molecule has 2 amide bonds. The second-order valence-electron chi connectivity index (χ2n) is 4.13. The number of carbonyl (C=O) groups excluding carboxylic acids is 2. The van der Waals surface area contributed by atoms with Crippen molar-refractivity contribution in [3.63, 3.8) is 0 Å². The largest absolute Gasteiger partial charge is 0.357 e. The molecule has 5 nitrogen and oxygen atoms in total. The SMILES string of the molecule is CNC(=O)C1CCCN1C(=O)c1cnccc1Cl. The maximum absolute atomic E-state index is 12.3. The second kappa shape index (κ2) is 5.35. The van der Waals surface area contributed by atoms with E-state index in [9.17, 15) is 9.59 Å². The van der Waals surface area contributed by atoms with Gasteiger partial charge in [-0.2, -0.15) is 0 Å². The van der Waals surface area contributed by atoms with Gasteiger partial charge in [-0.15, -0.1) is 0 Å². The highest BCUT2D eigenvalue weighted by atomic mass is 35.5. The van der Waals surface area contributed by atoms with Gasteiger partial charge >= 0.3 is 0 Å². The van der Waals surface area contributed by atoms with E-state index in [1.807, 2.05) is 0 Å². The van der Waals surface area contributed by atoms with E-state index < -0.39 is 6.04 Å². The number of amides is 2. The average molecular weight is 268 g/mol. The standard InChI is InChI=1S/C12H14ClN3O2/c1-14-11(17)10-3-2-6-16(10)12(18)8-7-15-5-4-9(8)13/h4-5,7,10H,2-3,6H2,1H3,(H,14,17). The van der Waals surface area contributed by atoms with Crippen LogP contribution in [0.1, 0.15) is 23.2 Å². The van der Waals surface area contributed by atoms with Crippen LogP contribution in [0.2, 0.25) is 5.02 Å². The number of rotatable bonds is 2. The molecule has 1 aliphatic heterocycles. The molecule has 1 aliphatic rings. The van der Waals surface area contributed by atoms with Crippen molar-refractivity contribution in [3.05, 3.63) is 29.0 Å². The van der Waals surface area contributed by atoms with Crippen LogP contribution in [0.4, 0.5) is 0 Å². The van der Waals surface area contributed by atoms with E-state index in [1.165, 1.54) is 12.4 Å². The molecule has 0 aromatic carbocycles. The Morgan fingerprint density at radius 2 is 2.33 bits per heavy atom. The minimum atomic E-state index is -0.404. The van der Waals surface area contributed by atoms with Crippen LogP contribution in [0.3, 0.4) is 0 Å². The molecule has 2 heterocycles. The van der Waals surface area contributed by atoms with Gasteiger partial charge in [0.15, 0.2) is 0 Å². The van der Waals surface area contributed by atoms with Gasteiger partial charge < -0.3 is 10.2 Å². The third-order valence-corrected chi connectivity index (χ3v) is 3.39. The molecule has 1 saturated heterocycles. The first-order valence-electron chi connectivity index (χ1n) is 5.77. The maximum atomic E-state index is 12.3. The smallest absolute Gasteiger partial charge is 0.257 e. The van der Waals surface area contributed by atoms with E-state index in [-0.39, 0.29) is 11.8 Å². The zero-order chi connectivity index (χ0) is 13.1. The Hall–Kier alpha value is -1.62. The summed E-state index contributed by atoms with van der Waals surface area (Å²) in [5.41, 5.74) is 0.343. The molecule has 96 valence electrons. The van der Waals surface area contributed by atoms with Gasteiger partial charge in [0.25, 0.3) is 5.91 Å². The fraction of sp³-hybridized carbons (Fsp3) is 0.417. The van der Waals surface area contributed by atoms with Crippen molar-refractivity contribution < 1.29 is 9.59 Å². The number of pyridine rings is 1. The zero-order valence-corrected chi connectivity index (χ0v) is 10.8. The van der Waals surface area contributed by atoms with Crippen molar-refractivity contribution in [1.29, 1.82) is 0 Å². The summed E-state index contributed by atoms with van der Waals surface area (Å²) in [6.45, 7) is 0.572. The number of nitrogens with one attached hydrogen (secondary N) is 1. The molecule has 0 radical (unpaired) electrons. The lowest BCUT2D eigenvalue weighted by molar-refractivity contribution is -0.124. The van der Waals surface area contributed by atoms with Crippen LogP contribution in [-0.2, 0) is 4.79 Å². The molecule has 1 aromatic rings. The van der Waals surface area contributed by atoms with Crippen LogP contribution in [0.25, 0.3) is 0 Å². The fourth-order valence-electron chi connectivity index (χ4n) is 2.14. The first kappa shape index (κ1) is 12.8. The summed E-state index contributed by atoms with van der Waals surface area (Å²) in [6, 6.07) is 1.17. The molecule has 0 bridgehead atoms. The van der Waals surface area contributed by atoms with Gasteiger partial charge in [-0.05, 0) is 18.9 Å². The summed E-state index contributed by atoms with van der Waals surface area (Å²) in [4.78, 5) is 29.5. The maximum Gasteiger partial charge on any atom is 0.257 e. The predicted octanol–water partition coefficient (Wildman–Crippen LogP) is 1.09. The van der Waals surface area contributed by atoms with Crippen LogP contribution >= 0.6 is 11.6 Å². The highest BCUT2D eigenvalue weighted by Crippen LogP contribution is 2.23. The quantitative estimate of drug-likeness (QED) is 0.872. The number of aromatic nitrogens is 1. The Labute approximate surface area is 110 Å². The first-order valence-corrected chi connectivity index (χ1v) is 6.15. The number of nitrogens with zero attached hydrogens (tertiary/aromatic N) is 2. The highest BCUT2D eigenvalue weighted by molar-refractivity contribution is 6.33. The Kier molecular flexibility index (Phi) is 3.81. The van der Waals surface area contributed by atoms with Crippen molar-refractivity contribution in [2.45, 2.75) is 18.9 Å². The Balaban J connectivity index is 2.23. The molecular weight excluding hydrogens is 254 g/mol. The lowest BCUT2D eigenvalue weighted by Gasteiger charge is -2.23. The number of likely N-dealkylation sites (tertiary alicyclic amines) is 1. The fourth-order valence-corrected chi connectivity index (χ4v) is 2.32. The lowest BCUT2D eigenvalue weighted by atomic mass is 10.2. The summed E-state index contributed by atoms with van der Waals surface area (Å²) in [5.74, 6) is -0.375. The lowest BCUT2D eigenvalue weighted by Crippen LogP contribution is -2.45. The molecule has 1 aromatic heterocycles. The van der Waals surface area contributed by atoms with Crippen molar-refractivity contribution in [1.82, 2.24) is 15.2 Å². The third kappa shape index (κ3) is 2.31. The third-order valence-electron chi connectivity index (χ3n) is 3.06. The summed E-state index contributed by atoms with van der Waals surface area (Å²) in [5, 5.41) is 2.94. The molecule has 1 unspecified atom stereocenters. The molecule has 6 heteroatoms. The number of hydrogen-bond acceptors (Lipinski definition) is 3. The van der Waals surface area contributed by atoms with Gasteiger partial charge in [0, 0.05) is 26.0 Å². The van der Waals surface area contributed by atoms with Gasteiger partial charge in [0.1, 0.15) is 6.04 Å². The minimum absolute atomic E-state index is 0.138. The molecular formula is C12H14ClN3O2. The van der Waals surface area contributed by atoms with E-state index in [0.717, 1.165) is 6.42 Å². The van der Waals surface area contributed by atoms with Gasteiger partial charge in [0.05, 0.1) is 10.6 Å². The van der Waals surface area contributed by atoms with E-state index in [4.69, 9.17) is 11.6 Å². The van der Waals surface area contributed by atoms with Gasteiger partial charge in [-0.3, -0.25) is 14.6 Å². The van der Waals surface area contributed by atoms with Crippen LogP contribution in [0.15, 0.2) is 18.5 Å². The van der Waals surface area contributed by atoms with E-state index >= 15 is 0 Å². The molecule has 0 saturated carbocycles. The van der Waals surface area contributed by atoms with Crippen LogP contribution in [-0.4, -0.2) is 41.3 Å². The van der Waals surface area contributed by atoms with Crippen molar-refractivity contribution in [2.75, 3.05) is 13.6 Å². The number of halogens is 1. The second-order valence-corrected chi connectivity index (χ2v) is 4.53. The van der Waals surface area contributed by atoms with E-state index in [1.54, 1.807) is 18.0 Å². The Morgan fingerprint density at radius 3 is 3.00 bits per heavy atom. The molecule has 0 spiro atoms. The van der Waals surface area contributed by atoms with Gasteiger partial charge in [-0.25, -0.2) is 0 Å². The summed E-state index contributed by atoms with van der Waals surface area (Å²) in [7, 11) is 1.57. The number of carbonyl (C=O) groups is 2. The highest BCUT2D eigenvalue weighted by Gasteiger charge is 2.34. The molecule has 0 aliphatic carbocycles. The Bertz CT molecular complexity index is 478. The molecule has 1 N–H and O–H groups in total. The number of hydrogen-bond donors (Lipinski definition) is 1. The monoisotopic (exact) mass is 267 g/mol. The van der Waals surface area contributed by atoms with Crippen molar-refractivity contribution in [3.8, 4) is 0 Å². The minimum Gasteiger partial charge on any atom is -0.357 e. The summed E-state index contributed by atoms with van der Waals surface area (Å²) >= 11 is 5.97. The van der Waals surface area contributed by atoms with Crippen LogP contribution < -0.4 is 5.32 Å². The molecule has 18 heavy (non-hydrogen) atoms. The van der Waals surface area contributed by atoms with Gasteiger partial charge in [-0.1, -0.05) is 11.6 Å². The summed E-state index contributed by atoms with van der Waals surface area (Å²) in [6.07, 6.45) is 4.47. The van der Waals surface area contributed by atoms with Gasteiger partial charge in [0.2, 0.25) is 5.91 Å². The van der Waals surface area contributed by atoms with Crippen LogP contribution in [0.5, 0.6) is 0 Å². The van der Waals surface area contributed by atoms with Crippen molar-refractivity contribution in [2.24, 2.45) is 0 Å². The Morgan fingerprint density at radius 1 is 1.56 bits per heavy atom. The van der Waals surface area contributed by atoms with E-state index in [2.05, 4.69) is 10.3 Å². The average Bonchev–Trinajstić information content (AvgIpc) is 2.86. The van der Waals surface area contributed by atoms with Crippen LogP contribution in [0, 0.1) is 0 Å². The number of likely N-dealkylation sites (N-methyl/N-ethyl adjacent to an activating group) is 1. The molecule has 1 atom stereocenters. The topological polar surface area (TPSA) is 62.3 Å². The predicted molar refractivity (Wildman–Crippen MR) is 67.4 cm³/mol. The normalized spacial score (nSPS) is 18.8. The molecule has 2 rings (SSSR count). The zero-order valence-electron chi connectivity index (χ0n) is 10.0. The van der Waals surface area contributed by atoms with Crippen molar-refractivity contribution >= 4 is 23.4 Å². The first-order chi connectivity index (χ1) is 8.65.